The summed E-state index contributed by atoms with van der Waals surface area (Å²) >= 11 is 0. The van der Waals surface area contributed by atoms with E-state index in [0.717, 1.165) is 12.1 Å². The van der Waals surface area contributed by atoms with Crippen molar-refractivity contribution in [1.82, 2.24) is 19.7 Å². The molecule has 0 atom stereocenters. The molecule has 30 heavy (non-hydrogen) atoms. The van der Waals surface area contributed by atoms with Crippen LogP contribution in [0.4, 0.5) is 32.7 Å². The summed E-state index contributed by atoms with van der Waals surface area (Å²) in [7, 11) is -3.73. The highest BCUT2D eigenvalue weighted by Gasteiger charge is 2.61. The van der Waals surface area contributed by atoms with E-state index >= 15 is 0 Å². The van der Waals surface area contributed by atoms with E-state index in [9.17, 15) is 35.2 Å². The lowest BCUT2D eigenvalue weighted by molar-refractivity contribution is -0.361. The number of hydrogen-bond donors (Lipinski definition) is 2. The van der Waals surface area contributed by atoms with Crippen LogP contribution in [0, 0.1) is 6.92 Å². The van der Waals surface area contributed by atoms with Gasteiger partial charge >= 0.3 is 24.3 Å². The largest absolute Gasteiger partial charge is 0.499 e. The number of aromatic nitrogens is 3. The summed E-state index contributed by atoms with van der Waals surface area (Å²) in [6, 6.07) is 1.56. The number of rotatable bonds is 6. The predicted molar refractivity (Wildman–Crippen MR) is 88.5 cm³/mol. The number of urea groups is 1. The van der Waals surface area contributed by atoms with Crippen LogP contribution in [-0.4, -0.2) is 48.8 Å². The molecule has 0 aliphatic rings. The molecular formula is C14H12F5N5O5S. The third kappa shape index (κ3) is 5.40. The van der Waals surface area contributed by atoms with E-state index < -0.39 is 44.9 Å². The first-order valence-electron chi connectivity index (χ1n) is 7.58. The van der Waals surface area contributed by atoms with E-state index in [-0.39, 0.29) is 11.8 Å². The molecule has 1 heterocycles. The lowest BCUT2D eigenvalue weighted by atomic mass is 10.3. The molecule has 2 rings (SSSR count). The molecule has 0 saturated heterocycles. The highest BCUT2D eigenvalue weighted by atomic mass is 32.2. The number of amides is 2. The van der Waals surface area contributed by atoms with Crippen molar-refractivity contribution in [3.63, 3.8) is 0 Å². The fourth-order valence-electron chi connectivity index (χ4n) is 1.86. The minimum absolute atomic E-state index is 0.105. The Morgan fingerprint density at radius 2 is 1.70 bits per heavy atom. The molecule has 1 aromatic carbocycles. The summed E-state index contributed by atoms with van der Waals surface area (Å²) in [5.74, 6) is -1.65. The Balaban J connectivity index is 2.26. The first-order valence-corrected chi connectivity index (χ1v) is 9.06. The van der Waals surface area contributed by atoms with Crippen molar-refractivity contribution < 1.29 is 44.6 Å². The molecule has 0 radical (unpaired) electrons. The number of benzene rings is 1. The first kappa shape index (κ1) is 23.0. The van der Waals surface area contributed by atoms with Crippen LogP contribution in [0.1, 0.15) is 5.82 Å². The third-order valence-corrected chi connectivity index (χ3v) is 4.44. The number of anilines is 1. The molecule has 0 fully saturated rings. The Kier molecular flexibility index (Phi) is 6.29. The average molecular weight is 457 g/mol. The molecule has 1 aromatic heterocycles. The van der Waals surface area contributed by atoms with Gasteiger partial charge in [-0.2, -0.15) is 36.9 Å². The summed E-state index contributed by atoms with van der Waals surface area (Å²) < 4.78 is 97.8. The lowest BCUT2D eigenvalue weighted by Crippen LogP contribution is -2.42. The van der Waals surface area contributed by atoms with Crippen LogP contribution in [0.25, 0.3) is 0 Å². The van der Waals surface area contributed by atoms with Gasteiger partial charge in [-0.3, -0.25) is 5.32 Å². The van der Waals surface area contributed by atoms with Crippen LogP contribution in [0.2, 0.25) is 0 Å². The van der Waals surface area contributed by atoms with Gasteiger partial charge in [0.1, 0.15) is 16.5 Å². The van der Waals surface area contributed by atoms with Gasteiger partial charge in [0.2, 0.25) is 5.95 Å². The molecule has 10 nitrogen and oxygen atoms in total. The highest BCUT2D eigenvalue weighted by Crippen LogP contribution is 2.39. The van der Waals surface area contributed by atoms with Crippen LogP contribution in [0.3, 0.4) is 0 Å². The molecule has 16 heteroatoms. The molecule has 164 valence electrons. The van der Waals surface area contributed by atoms with Crippen LogP contribution in [0.5, 0.6) is 11.8 Å². The van der Waals surface area contributed by atoms with Gasteiger partial charge in [-0.05, 0) is 19.1 Å². The van der Waals surface area contributed by atoms with Crippen LogP contribution in [0.15, 0.2) is 29.2 Å². The number of nitrogens with zero attached hydrogens (tertiary/aromatic N) is 3. The second-order valence-corrected chi connectivity index (χ2v) is 6.97. The zero-order chi connectivity index (χ0) is 22.7. The normalized spacial score (nSPS) is 12.2. The Bertz CT molecular complexity index is 1050. The van der Waals surface area contributed by atoms with Gasteiger partial charge < -0.3 is 9.47 Å². The Morgan fingerprint density at radius 3 is 2.30 bits per heavy atom. The number of sulfonamides is 1. The Hall–Kier alpha value is -3.30. The molecule has 2 aromatic rings. The second-order valence-electron chi connectivity index (χ2n) is 5.32. The number of halogens is 5. The zero-order valence-corrected chi connectivity index (χ0v) is 15.8. The van der Waals surface area contributed by atoms with Gasteiger partial charge in [-0.25, -0.2) is 17.9 Å². The van der Waals surface area contributed by atoms with Crippen molar-refractivity contribution in [2.24, 2.45) is 0 Å². The fraction of sp³-hybridized carbons (Fsp3) is 0.286. The monoisotopic (exact) mass is 457 g/mol. The number of ether oxygens (including phenoxy) is 2. The van der Waals surface area contributed by atoms with Gasteiger partial charge in [-0.15, -0.1) is 0 Å². The maximum atomic E-state index is 13.2. The number of hydrogen-bond acceptors (Lipinski definition) is 8. The van der Waals surface area contributed by atoms with Gasteiger partial charge in [0.05, 0.1) is 7.11 Å². The Morgan fingerprint density at radius 1 is 1.07 bits per heavy atom. The molecule has 0 aliphatic heterocycles. The second kappa shape index (κ2) is 8.21. The van der Waals surface area contributed by atoms with Crippen molar-refractivity contribution in [1.29, 1.82) is 0 Å². The van der Waals surface area contributed by atoms with Crippen molar-refractivity contribution >= 4 is 22.0 Å². The minimum atomic E-state index is -6.11. The fourth-order valence-corrected chi connectivity index (χ4v) is 2.90. The van der Waals surface area contributed by atoms with E-state index in [4.69, 9.17) is 4.74 Å². The van der Waals surface area contributed by atoms with E-state index in [1.54, 1.807) is 0 Å². The summed E-state index contributed by atoms with van der Waals surface area (Å²) in [4.78, 5) is 21.9. The maximum absolute atomic E-state index is 13.2. The van der Waals surface area contributed by atoms with Crippen molar-refractivity contribution in [3.05, 3.63) is 30.1 Å². The summed E-state index contributed by atoms with van der Waals surface area (Å²) in [5, 5.41) is 1.93. The number of alkyl halides is 5. The van der Waals surface area contributed by atoms with Crippen LogP contribution < -0.4 is 19.5 Å². The number of nitrogens with one attached hydrogen (secondary N) is 2. The Labute approximate surface area is 165 Å². The smallest absolute Gasteiger partial charge is 0.467 e. The SMILES string of the molecule is COc1nc(C)nc(NC(=O)NS(=O)(=O)c2ccccc2OC(F)(F)C(F)(F)F)n1. The number of carbonyl (C=O) groups is 1. The van der Waals surface area contributed by atoms with E-state index in [2.05, 4.69) is 19.7 Å². The topological polar surface area (TPSA) is 132 Å². The molecule has 0 unspecified atom stereocenters. The average Bonchev–Trinajstić information content (AvgIpc) is 2.59. The molecule has 0 spiro atoms. The quantitative estimate of drug-likeness (QED) is 0.632. The number of para-hydroxylation sites is 1. The molecular weight excluding hydrogens is 445 g/mol. The zero-order valence-electron chi connectivity index (χ0n) is 15.0. The van der Waals surface area contributed by atoms with Gasteiger partial charge in [-0.1, -0.05) is 12.1 Å². The van der Waals surface area contributed by atoms with E-state index in [0.29, 0.717) is 12.1 Å². The van der Waals surface area contributed by atoms with Crippen molar-refractivity contribution in [2.75, 3.05) is 12.4 Å². The number of aryl methyl sites for hydroxylation is 1. The molecule has 2 N–H and O–H groups in total. The summed E-state index contributed by atoms with van der Waals surface area (Å²) in [6.07, 6.45) is -11.8. The van der Waals surface area contributed by atoms with Crippen molar-refractivity contribution in [2.45, 2.75) is 24.1 Å². The van der Waals surface area contributed by atoms with E-state index in [1.807, 2.05) is 5.32 Å². The van der Waals surface area contributed by atoms with Gasteiger partial charge in [0, 0.05) is 0 Å². The van der Waals surface area contributed by atoms with Crippen LogP contribution >= 0.6 is 0 Å². The standard InChI is InChI=1S/C14H12F5N5O5S/c1-7-20-10(23-12(21-7)28-2)22-11(25)24-30(26,27)9-6-4-3-5-8(9)29-14(18,19)13(15,16)17/h3-6H,1-2H3,(H2,20,21,22,23,24,25). The minimum Gasteiger partial charge on any atom is -0.467 e. The third-order valence-electron chi connectivity index (χ3n) is 3.07. The maximum Gasteiger partial charge on any atom is 0.499 e. The summed E-state index contributed by atoms with van der Waals surface area (Å²) in [6.45, 7) is 1.42. The molecule has 0 aliphatic carbocycles. The first-order chi connectivity index (χ1) is 13.7. The number of carbonyl (C=O) groups excluding carboxylic acids is 1. The highest BCUT2D eigenvalue weighted by molar-refractivity contribution is 7.90. The predicted octanol–water partition coefficient (Wildman–Crippen LogP) is 2.23. The van der Waals surface area contributed by atoms with E-state index in [1.165, 1.54) is 18.8 Å². The number of methoxy groups -OCH3 is 1. The summed E-state index contributed by atoms with van der Waals surface area (Å²) in [5.41, 5.74) is 0. The van der Waals surface area contributed by atoms with Gasteiger partial charge in [0.15, 0.2) is 0 Å². The lowest BCUT2D eigenvalue weighted by Gasteiger charge is -2.21. The van der Waals surface area contributed by atoms with Gasteiger partial charge in [0.25, 0.3) is 10.0 Å². The van der Waals surface area contributed by atoms with Crippen molar-refractivity contribution in [3.8, 4) is 11.8 Å². The molecule has 0 bridgehead atoms. The van der Waals surface area contributed by atoms with Crippen LogP contribution in [-0.2, 0) is 10.0 Å². The molecule has 0 saturated carbocycles. The molecule has 2 amide bonds.